The fourth-order valence-electron chi connectivity index (χ4n) is 2.29. The lowest BCUT2D eigenvalue weighted by atomic mass is 10.0. The van der Waals surface area contributed by atoms with Crippen molar-refractivity contribution in [2.75, 3.05) is 0 Å². The SMILES string of the molecule is CC(C)C[C@H](NC(=O)OC(C)(C)C)c1nnc(SCc2ccc(F)cc2)o1. The summed E-state index contributed by atoms with van der Waals surface area (Å²) in [7, 11) is 0. The maximum Gasteiger partial charge on any atom is 0.408 e. The standard InChI is InChI=1S/C19H26FN3O3S/c1-12(2)10-15(21-17(24)26-19(3,4)5)16-22-23-18(25-16)27-11-13-6-8-14(20)9-7-13/h6-9,12,15H,10-11H2,1-5H3,(H,21,24)/t15-/m0/s1. The zero-order chi connectivity index (χ0) is 20.0. The Morgan fingerprint density at radius 2 is 1.93 bits per heavy atom. The Bertz CT molecular complexity index is 741. The van der Waals surface area contributed by atoms with Crippen molar-refractivity contribution in [1.29, 1.82) is 0 Å². The van der Waals surface area contributed by atoms with Crippen molar-refractivity contribution in [2.24, 2.45) is 5.92 Å². The molecular weight excluding hydrogens is 369 g/mol. The summed E-state index contributed by atoms with van der Waals surface area (Å²) in [6, 6.07) is 5.83. The molecule has 1 amide bonds. The van der Waals surface area contributed by atoms with E-state index in [-0.39, 0.29) is 5.82 Å². The van der Waals surface area contributed by atoms with E-state index >= 15 is 0 Å². The number of carbonyl (C=O) groups excluding carboxylic acids is 1. The van der Waals surface area contributed by atoms with Crippen molar-refractivity contribution in [3.05, 3.63) is 41.5 Å². The van der Waals surface area contributed by atoms with Crippen molar-refractivity contribution in [3.63, 3.8) is 0 Å². The third-order valence-corrected chi connectivity index (χ3v) is 4.28. The summed E-state index contributed by atoms with van der Waals surface area (Å²) in [6.45, 7) is 9.51. The molecule has 1 N–H and O–H groups in total. The number of halogens is 1. The number of rotatable bonds is 7. The van der Waals surface area contributed by atoms with E-state index in [4.69, 9.17) is 9.15 Å². The number of benzene rings is 1. The van der Waals surface area contributed by atoms with Gasteiger partial charge in [0.25, 0.3) is 5.22 Å². The average Bonchev–Trinajstić information content (AvgIpc) is 3.00. The minimum absolute atomic E-state index is 0.270. The number of nitrogens with one attached hydrogen (secondary N) is 1. The second kappa shape index (κ2) is 9.21. The summed E-state index contributed by atoms with van der Waals surface area (Å²) in [4.78, 5) is 12.1. The average molecular weight is 396 g/mol. The highest BCUT2D eigenvalue weighted by Gasteiger charge is 2.25. The van der Waals surface area contributed by atoms with Crippen molar-refractivity contribution in [2.45, 2.75) is 63.7 Å². The minimum atomic E-state index is -0.586. The quantitative estimate of drug-likeness (QED) is 0.656. The molecule has 0 aliphatic carbocycles. The Morgan fingerprint density at radius 3 is 2.52 bits per heavy atom. The molecule has 0 spiro atoms. The van der Waals surface area contributed by atoms with Gasteiger partial charge in [-0.1, -0.05) is 37.7 Å². The van der Waals surface area contributed by atoms with Crippen LogP contribution in [0.3, 0.4) is 0 Å². The Labute approximate surface area is 163 Å². The lowest BCUT2D eigenvalue weighted by molar-refractivity contribution is 0.0487. The van der Waals surface area contributed by atoms with Gasteiger partial charge in [0.05, 0.1) is 0 Å². The van der Waals surface area contributed by atoms with Crippen molar-refractivity contribution in [1.82, 2.24) is 15.5 Å². The zero-order valence-electron chi connectivity index (χ0n) is 16.3. The van der Waals surface area contributed by atoms with E-state index in [1.807, 2.05) is 13.8 Å². The van der Waals surface area contributed by atoms with E-state index in [2.05, 4.69) is 15.5 Å². The first kappa shape index (κ1) is 21.2. The fourth-order valence-corrected chi connectivity index (χ4v) is 3.01. The molecule has 1 aromatic heterocycles. The van der Waals surface area contributed by atoms with Gasteiger partial charge in [-0.05, 0) is 50.8 Å². The number of amides is 1. The molecule has 0 saturated heterocycles. The van der Waals surface area contributed by atoms with Gasteiger partial charge in [-0.25, -0.2) is 9.18 Å². The molecule has 2 rings (SSSR count). The molecule has 0 bridgehead atoms. The highest BCUT2D eigenvalue weighted by atomic mass is 32.2. The van der Waals surface area contributed by atoms with Crippen molar-refractivity contribution in [3.8, 4) is 0 Å². The highest BCUT2D eigenvalue weighted by molar-refractivity contribution is 7.98. The van der Waals surface area contributed by atoms with Gasteiger partial charge in [0.15, 0.2) is 0 Å². The van der Waals surface area contributed by atoms with Crippen LogP contribution in [0.5, 0.6) is 0 Å². The summed E-state index contributed by atoms with van der Waals surface area (Å²) >= 11 is 1.36. The maximum atomic E-state index is 13.0. The normalized spacial score (nSPS) is 12.9. The van der Waals surface area contributed by atoms with Crippen molar-refractivity contribution >= 4 is 17.9 Å². The molecule has 8 heteroatoms. The smallest absolute Gasteiger partial charge is 0.408 e. The molecule has 1 heterocycles. The van der Waals surface area contributed by atoms with Crippen LogP contribution in [-0.4, -0.2) is 21.9 Å². The fraction of sp³-hybridized carbons (Fsp3) is 0.526. The van der Waals surface area contributed by atoms with Gasteiger partial charge in [0.1, 0.15) is 17.5 Å². The number of aromatic nitrogens is 2. The lowest BCUT2D eigenvalue weighted by Crippen LogP contribution is -2.35. The summed E-state index contributed by atoms with van der Waals surface area (Å²) in [5.74, 6) is 0.966. The highest BCUT2D eigenvalue weighted by Crippen LogP contribution is 2.26. The molecule has 27 heavy (non-hydrogen) atoms. The second-order valence-corrected chi connectivity index (χ2v) is 8.58. The molecule has 0 aliphatic rings. The minimum Gasteiger partial charge on any atom is -0.444 e. The van der Waals surface area contributed by atoms with Crippen LogP contribution in [0.25, 0.3) is 0 Å². The molecule has 1 aromatic carbocycles. The van der Waals surface area contributed by atoms with Crippen LogP contribution >= 0.6 is 11.8 Å². The number of alkyl carbamates (subject to hydrolysis) is 1. The molecule has 0 unspecified atom stereocenters. The van der Waals surface area contributed by atoms with E-state index in [1.54, 1.807) is 32.9 Å². The molecule has 0 saturated carbocycles. The first-order chi connectivity index (χ1) is 12.6. The molecule has 1 atom stereocenters. The predicted octanol–water partition coefficient (Wildman–Crippen LogP) is 5.11. The maximum absolute atomic E-state index is 13.0. The number of nitrogens with zero attached hydrogens (tertiary/aromatic N) is 2. The number of hydrogen-bond donors (Lipinski definition) is 1. The van der Waals surface area contributed by atoms with Crippen LogP contribution in [0.2, 0.25) is 0 Å². The van der Waals surface area contributed by atoms with Crippen LogP contribution in [0.1, 0.15) is 58.5 Å². The lowest BCUT2D eigenvalue weighted by Gasteiger charge is -2.22. The first-order valence-electron chi connectivity index (χ1n) is 8.82. The molecule has 148 valence electrons. The Morgan fingerprint density at radius 1 is 1.26 bits per heavy atom. The van der Waals surface area contributed by atoms with Crippen molar-refractivity contribution < 1.29 is 18.3 Å². The molecule has 2 aromatic rings. The van der Waals surface area contributed by atoms with Crippen LogP contribution in [0.15, 0.2) is 33.9 Å². The van der Waals surface area contributed by atoms with Gasteiger partial charge in [-0.3, -0.25) is 0 Å². The van der Waals surface area contributed by atoms with Crippen LogP contribution in [0.4, 0.5) is 9.18 Å². The van der Waals surface area contributed by atoms with Gasteiger partial charge < -0.3 is 14.5 Å². The molecular formula is C19H26FN3O3S. The largest absolute Gasteiger partial charge is 0.444 e. The number of hydrogen-bond acceptors (Lipinski definition) is 6. The Hall–Kier alpha value is -2.09. The number of ether oxygens (including phenoxy) is 1. The predicted molar refractivity (Wildman–Crippen MR) is 102 cm³/mol. The number of carbonyl (C=O) groups is 1. The summed E-state index contributed by atoms with van der Waals surface area (Å²) in [6.07, 6.45) is 0.121. The van der Waals surface area contributed by atoms with Crippen LogP contribution < -0.4 is 5.32 Å². The summed E-state index contributed by atoms with van der Waals surface area (Å²) < 4.78 is 24.0. The third kappa shape index (κ3) is 7.58. The van der Waals surface area contributed by atoms with Gasteiger partial charge in [0, 0.05) is 5.75 Å². The topological polar surface area (TPSA) is 77.2 Å². The molecule has 0 fully saturated rings. The van der Waals surface area contributed by atoms with E-state index in [0.717, 1.165) is 5.56 Å². The Kier molecular flexibility index (Phi) is 7.24. The number of thioether (sulfide) groups is 1. The van der Waals surface area contributed by atoms with Gasteiger partial charge in [-0.15, -0.1) is 10.2 Å². The van der Waals surface area contributed by atoms with Gasteiger partial charge in [0.2, 0.25) is 5.89 Å². The van der Waals surface area contributed by atoms with E-state index in [9.17, 15) is 9.18 Å². The van der Waals surface area contributed by atoms with E-state index in [0.29, 0.717) is 29.2 Å². The summed E-state index contributed by atoms with van der Waals surface area (Å²) in [5, 5.41) is 11.3. The summed E-state index contributed by atoms with van der Waals surface area (Å²) in [5.41, 5.74) is 0.365. The third-order valence-electron chi connectivity index (χ3n) is 3.39. The molecule has 0 radical (unpaired) electrons. The second-order valence-electron chi connectivity index (χ2n) is 7.65. The van der Waals surface area contributed by atoms with Gasteiger partial charge >= 0.3 is 6.09 Å². The van der Waals surface area contributed by atoms with Crippen LogP contribution in [0, 0.1) is 11.7 Å². The molecule has 0 aliphatic heterocycles. The zero-order valence-corrected chi connectivity index (χ0v) is 17.1. The van der Waals surface area contributed by atoms with E-state index < -0.39 is 17.7 Å². The van der Waals surface area contributed by atoms with Gasteiger partial charge in [-0.2, -0.15) is 0 Å². The Balaban J connectivity index is 2.01. The first-order valence-corrected chi connectivity index (χ1v) is 9.81. The molecule has 6 nitrogen and oxygen atoms in total. The monoisotopic (exact) mass is 395 g/mol. The van der Waals surface area contributed by atoms with Crippen LogP contribution in [-0.2, 0) is 10.5 Å². The van der Waals surface area contributed by atoms with E-state index in [1.165, 1.54) is 23.9 Å².